The van der Waals surface area contributed by atoms with Crippen molar-refractivity contribution in [1.29, 1.82) is 0 Å². The maximum Gasteiger partial charge on any atom is 0.210 e. The molecule has 7 rings (SSSR count). The van der Waals surface area contributed by atoms with Crippen LogP contribution in [0.1, 0.15) is 33.4 Å². The summed E-state index contributed by atoms with van der Waals surface area (Å²) in [7, 11) is -7.91. The zero-order valence-electron chi connectivity index (χ0n) is 25.3. The van der Waals surface area contributed by atoms with Crippen molar-refractivity contribution in [1.82, 2.24) is 0 Å². The zero-order valence-corrected chi connectivity index (χ0v) is 26.9. The molecule has 1 N–H and O–H groups in total. The van der Waals surface area contributed by atoms with Gasteiger partial charge >= 0.3 is 0 Å². The third-order valence-corrected chi connectivity index (χ3v) is 11.9. The molecule has 5 aromatic rings. The van der Waals surface area contributed by atoms with E-state index < -0.39 is 19.7 Å². The molecule has 7 nitrogen and oxygen atoms in total. The Morgan fingerprint density at radius 2 is 1.11 bits per heavy atom. The molecular weight excluding hydrogens is 609 g/mol. The first-order chi connectivity index (χ1) is 21.4. The summed E-state index contributed by atoms with van der Waals surface area (Å²) >= 11 is 0. The highest BCUT2D eigenvalue weighted by Crippen LogP contribution is 2.46. The minimum Gasteiger partial charge on any atom is -0.507 e. The van der Waals surface area contributed by atoms with Gasteiger partial charge in [0.05, 0.1) is 14.7 Å². The monoisotopic (exact) mass is 640 g/mol. The van der Waals surface area contributed by atoms with Crippen molar-refractivity contribution >= 4 is 19.7 Å². The van der Waals surface area contributed by atoms with Gasteiger partial charge in [0.1, 0.15) is 23.9 Å². The van der Waals surface area contributed by atoms with Crippen LogP contribution in [0.15, 0.2) is 111 Å². The predicted molar refractivity (Wildman–Crippen MR) is 171 cm³/mol. The number of hydrogen-bond acceptors (Lipinski definition) is 7. The summed E-state index contributed by atoms with van der Waals surface area (Å²) in [5.41, 5.74) is 4.97. The highest BCUT2D eigenvalue weighted by atomic mass is 32.2. The molecule has 0 spiro atoms. The zero-order chi connectivity index (χ0) is 32.1. The van der Waals surface area contributed by atoms with Crippen LogP contribution in [0.3, 0.4) is 0 Å². The van der Waals surface area contributed by atoms with Crippen LogP contribution >= 0.6 is 0 Å². The van der Waals surface area contributed by atoms with E-state index in [9.17, 15) is 21.9 Å². The van der Waals surface area contributed by atoms with Gasteiger partial charge in [-0.1, -0.05) is 42.5 Å². The summed E-state index contributed by atoms with van der Waals surface area (Å²) in [6, 6.07) is 25.6. The van der Waals surface area contributed by atoms with E-state index in [1.807, 2.05) is 24.3 Å². The molecule has 0 amide bonds. The number of benzene rings is 5. The Labute approximate surface area is 263 Å². The summed E-state index contributed by atoms with van der Waals surface area (Å²) < 4.78 is 68.1. The Morgan fingerprint density at radius 1 is 0.578 bits per heavy atom. The van der Waals surface area contributed by atoms with E-state index >= 15 is 0 Å². The third-order valence-electron chi connectivity index (χ3n) is 8.02. The molecule has 0 saturated carbocycles. The van der Waals surface area contributed by atoms with Crippen LogP contribution in [0.2, 0.25) is 0 Å². The number of aromatic hydroxyl groups is 1. The van der Waals surface area contributed by atoms with Crippen molar-refractivity contribution in [2.75, 3.05) is 0 Å². The Balaban J connectivity index is 1.53. The Bertz CT molecular complexity index is 2120. The highest BCUT2D eigenvalue weighted by Gasteiger charge is 2.30. The van der Waals surface area contributed by atoms with Crippen molar-refractivity contribution in [3.05, 3.63) is 124 Å². The first kappa shape index (κ1) is 30.4. The van der Waals surface area contributed by atoms with Gasteiger partial charge < -0.3 is 14.6 Å². The second kappa shape index (κ2) is 11.4. The molecule has 0 aromatic heterocycles. The molecule has 9 heteroatoms. The molecule has 0 fully saturated rings. The summed E-state index contributed by atoms with van der Waals surface area (Å²) in [4.78, 5) is 0.384. The normalized spacial score (nSPS) is 13.1. The largest absolute Gasteiger partial charge is 0.507 e. The highest BCUT2D eigenvalue weighted by molar-refractivity contribution is 7.92. The molecule has 2 aliphatic rings. The number of hydrogen-bond donors (Lipinski definition) is 1. The smallest absolute Gasteiger partial charge is 0.210 e. The fourth-order valence-electron chi connectivity index (χ4n) is 5.75. The standard InChI is InChI=1S/C36H32O7S2/c1-22-18-30(19-23(2)33(22)37)45(40,41)36-24(3)16-28(17-25(36)4)31-14-15-32(44(38,39)29-8-6-5-7-9-29)35-34(31)42-20-26-10-12-27(13-11-26)21-43-35/h5-19,37H,20-21H2,1-4H3. The molecule has 2 aliphatic heterocycles. The average molecular weight is 641 g/mol. The second-order valence-electron chi connectivity index (χ2n) is 11.3. The molecule has 45 heavy (non-hydrogen) atoms. The van der Waals surface area contributed by atoms with E-state index in [-0.39, 0.29) is 50.0 Å². The molecule has 2 bridgehead atoms. The molecule has 0 atom stereocenters. The molecule has 0 aliphatic carbocycles. The summed E-state index contributed by atoms with van der Waals surface area (Å²) in [6.45, 7) is 7.09. The van der Waals surface area contributed by atoms with E-state index in [0.29, 0.717) is 33.4 Å². The number of rotatable bonds is 5. The lowest BCUT2D eigenvalue weighted by molar-refractivity contribution is 0.248. The van der Waals surface area contributed by atoms with Gasteiger partial charge in [0.15, 0.2) is 11.5 Å². The molecular formula is C36H32O7S2. The predicted octanol–water partition coefficient (Wildman–Crippen LogP) is 7.43. The third kappa shape index (κ3) is 5.47. The fourth-order valence-corrected chi connectivity index (χ4v) is 9.03. The summed E-state index contributed by atoms with van der Waals surface area (Å²) in [5, 5.41) is 10.2. The lowest BCUT2D eigenvalue weighted by Gasteiger charge is -2.22. The SMILES string of the molecule is Cc1cc(S(=O)(=O)c2c(C)cc(-c3ccc(S(=O)(=O)c4ccccc4)c4c3OCc3ccc(cc3)CO4)cc2C)cc(C)c1O. The summed E-state index contributed by atoms with van der Waals surface area (Å²) in [6.07, 6.45) is 0. The van der Waals surface area contributed by atoms with Gasteiger partial charge in [-0.25, -0.2) is 16.8 Å². The van der Waals surface area contributed by atoms with Crippen LogP contribution in [-0.2, 0) is 32.9 Å². The van der Waals surface area contributed by atoms with E-state index in [4.69, 9.17) is 9.47 Å². The Hall–Kier alpha value is -4.60. The Morgan fingerprint density at radius 3 is 1.67 bits per heavy atom. The number of ether oxygens (including phenoxy) is 2. The van der Waals surface area contributed by atoms with Crippen LogP contribution < -0.4 is 9.47 Å². The minimum absolute atomic E-state index is 0.0202. The van der Waals surface area contributed by atoms with Gasteiger partial charge in [-0.05, 0) is 115 Å². The number of phenols is 1. The van der Waals surface area contributed by atoms with E-state index in [0.717, 1.165) is 11.1 Å². The van der Waals surface area contributed by atoms with Crippen LogP contribution in [-0.4, -0.2) is 21.9 Å². The topological polar surface area (TPSA) is 107 Å². The molecule has 230 valence electrons. The van der Waals surface area contributed by atoms with Crippen LogP contribution in [0.4, 0.5) is 0 Å². The lowest BCUT2D eigenvalue weighted by atomic mass is 9.99. The van der Waals surface area contributed by atoms with Gasteiger partial charge in [-0.15, -0.1) is 0 Å². The van der Waals surface area contributed by atoms with Gasteiger partial charge in [0.25, 0.3) is 0 Å². The minimum atomic E-state index is -3.98. The number of aryl methyl sites for hydroxylation is 4. The number of fused-ring (bicyclic) bond motifs is 4. The van der Waals surface area contributed by atoms with Crippen molar-refractivity contribution in [2.45, 2.75) is 60.5 Å². The maximum atomic E-state index is 13.9. The fraction of sp³-hybridized carbons (Fsp3) is 0.167. The molecule has 0 radical (unpaired) electrons. The first-order valence-corrected chi connectivity index (χ1v) is 17.3. The van der Waals surface area contributed by atoms with Gasteiger partial charge in [0, 0.05) is 5.56 Å². The average Bonchev–Trinajstić information content (AvgIpc) is 3.02. The van der Waals surface area contributed by atoms with Crippen LogP contribution in [0.25, 0.3) is 11.1 Å². The first-order valence-electron chi connectivity index (χ1n) is 14.4. The molecule has 5 aromatic carbocycles. The van der Waals surface area contributed by atoms with Gasteiger partial charge in [-0.2, -0.15) is 0 Å². The van der Waals surface area contributed by atoms with Gasteiger partial charge in [-0.3, -0.25) is 0 Å². The van der Waals surface area contributed by atoms with Crippen molar-refractivity contribution in [3.8, 4) is 28.4 Å². The molecule has 2 heterocycles. The number of sulfone groups is 2. The molecule has 0 saturated heterocycles. The summed E-state index contributed by atoms with van der Waals surface area (Å²) in [5.74, 6) is 0.422. The van der Waals surface area contributed by atoms with Crippen molar-refractivity contribution in [2.24, 2.45) is 0 Å². The van der Waals surface area contributed by atoms with Crippen LogP contribution in [0, 0.1) is 27.7 Å². The lowest BCUT2D eigenvalue weighted by Crippen LogP contribution is -2.11. The van der Waals surface area contributed by atoms with E-state index in [1.165, 1.54) is 30.3 Å². The number of phenolic OH excluding ortho intramolecular Hbond substituents is 1. The Kier molecular flexibility index (Phi) is 7.71. The second-order valence-corrected chi connectivity index (χ2v) is 15.1. The maximum absolute atomic E-state index is 13.9. The quantitative estimate of drug-likeness (QED) is 0.213. The van der Waals surface area contributed by atoms with E-state index in [1.54, 1.807) is 64.1 Å². The van der Waals surface area contributed by atoms with Crippen LogP contribution in [0.5, 0.6) is 17.2 Å². The van der Waals surface area contributed by atoms with Gasteiger partial charge in [0.2, 0.25) is 19.7 Å². The molecule has 0 unspecified atom stereocenters. The van der Waals surface area contributed by atoms with E-state index in [2.05, 4.69) is 0 Å². The van der Waals surface area contributed by atoms with Crippen molar-refractivity contribution in [3.63, 3.8) is 0 Å². The van der Waals surface area contributed by atoms with Crippen molar-refractivity contribution < 1.29 is 31.4 Å².